The van der Waals surface area contributed by atoms with E-state index in [2.05, 4.69) is 39.1 Å². The van der Waals surface area contributed by atoms with Crippen molar-refractivity contribution in [3.8, 4) is 0 Å². The van der Waals surface area contributed by atoms with Crippen LogP contribution in [0.5, 0.6) is 0 Å². The number of hydrogen-bond donors (Lipinski definition) is 3. The van der Waals surface area contributed by atoms with E-state index < -0.39 is 0 Å². The molecule has 0 saturated carbocycles. The number of hydrogen-bond acceptors (Lipinski definition) is 8. The van der Waals surface area contributed by atoms with E-state index >= 15 is 0 Å². The summed E-state index contributed by atoms with van der Waals surface area (Å²) in [6, 6.07) is 11.8. The van der Waals surface area contributed by atoms with E-state index in [1.807, 2.05) is 0 Å². The summed E-state index contributed by atoms with van der Waals surface area (Å²) >= 11 is 7.33. The number of piperidine rings is 1. The summed E-state index contributed by atoms with van der Waals surface area (Å²) in [7, 11) is 1.72. The summed E-state index contributed by atoms with van der Waals surface area (Å²) in [6.45, 7) is 1.53. The highest BCUT2D eigenvalue weighted by Gasteiger charge is 2.46. The van der Waals surface area contributed by atoms with Crippen molar-refractivity contribution in [2.24, 2.45) is 18.2 Å². The molecule has 33 heavy (non-hydrogen) atoms. The first-order valence-corrected chi connectivity index (χ1v) is 12.0. The molecule has 0 amide bonds. The van der Waals surface area contributed by atoms with E-state index in [1.165, 1.54) is 11.1 Å². The number of nitrogen functional groups attached to an aromatic ring is 2. The second kappa shape index (κ2) is 8.23. The zero-order chi connectivity index (χ0) is 23.3. The van der Waals surface area contributed by atoms with Crippen LogP contribution in [0, 0.1) is 5.41 Å². The Hall–Kier alpha value is -2.75. The zero-order valence-electron chi connectivity index (χ0n) is 18.3. The van der Waals surface area contributed by atoms with Gasteiger partial charge in [-0.15, -0.1) is 0 Å². The number of nitrogens with zero attached hydrogens (tertiary/aromatic N) is 4. The SMILES string of the molecule is Cn1c(N2CCC3(CC2)Cc2ccccc2[C@H]3N)nc(N)c(Sc2ccc(N)nc2Cl)c1=O. The third-order valence-electron chi connectivity index (χ3n) is 6.93. The number of halogens is 1. The average molecular weight is 484 g/mol. The van der Waals surface area contributed by atoms with Crippen molar-refractivity contribution in [2.45, 2.75) is 35.1 Å². The molecule has 1 saturated heterocycles. The summed E-state index contributed by atoms with van der Waals surface area (Å²) in [5, 5.41) is 0.223. The van der Waals surface area contributed by atoms with Crippen LogP contribution in [0.15, 0.2) is 51.0 Å². The van der Waals surface area contributed by atoms with E-state index in [0.29, 0.717) is 21.6 Å². The average Bonchev–Trinajstić information content (AvgIpc) is 3.07. The molecule has 3 heterocycles. The molecule has 1 aliphatic heterocycles. The van der Waals surface area contributed by atoms with Crippen LogP contribution >= 0.6 is 23.4 Å². The van der Waals surface area contributed by atoms with Crippen molar-refractivity contribution in [1.29, 1.82) is 0 Å². The molecule has 1 atom stereocenters. The molecule has 2 aliphatic rings. The van der Waals surface area contributed by atoms with Crippen LogP contribution in [0.3, 0.4) is 0 Å². The molecule has 0 unspecified atom stereocenters. The van der Waals surface area contributed by atoms with E-state index in [-0.39, 0.29) is 28.0 Å². The van der Waals surface area contributed by atoms with E-state index in [1.54, 1.807) is 23.7 Å². The minimum Gasteiger partial charge on any atom is -0.384 e. The molecule has 1 aromatic carbocycles. The second-order valence-corrected chi connectivity index (χ2v) is 10.2. The maximum absolute atomic E-state index is 13.2. The van der Waals surface area contributed by atoms with Gasteiger partial charge in [0.15, 0.2) is 0 Å². The van der Waals surface area contributed by atoms with E-state index in [0.717, 1.165) is 44.1 Å². The number of anilines is 3. The van der Waals surface area contributed by atoms with Crippen molar-refractivity contribution in [2.75, 3.05) is 29.5 Å². The summed E-state index contributed by atoms with van der Waals surface area (Å²) in [6.07, 6.45) is 2.86. The van der Waals surface area contributed by atoms with Gasteiger partial charge in [-0.3, -0.25) is 9.36 Å². The smallest absolute Gasteiger partial charge is 0.270 e. The van der Waals surface area contributed by atoms with Crippen molar-refractivity contribution in [3.63, 3.8) is 0 Å². The predicted molar refractivity (Wildman–Crippen MR) is 133 cm³/mol. The number of fused-ring (bicyclic) bond motifs is 1. The highest BCUT2D eigenvalue weighted by atomic mass is 35.5. The van der Waals surface area contributed by atoms with Crippen LogP contribution in [0.25, 0.3) is 0 Å². The molecule has 3 aromatic rings. The van der Waals surface area contributed by atoms with Gasteiger partial charge in [0.2, 0.25) is 5.95 Å². The van der Waals surface area contributed by atoms with Crippen LogP contribution in [-0.4, -0.2) is 27.6 Å². The quantitative estimate of drug-likeness (QED) is 0.485. The van der Waals surface area contributed by atoms with Crippen molar-refractivity contribution in [3.05, 3.63) is 63.0 Å². The molecule has 0 radical (unpaired) electrons. The van der Waals surface area contributed by atoms with Gasteiger partial charge in [-0.25, -0.2) is 4.98 Å². The maximum atomic E-state index is 13.2. The maximum Gasteiger partial charge on any atom is 0.270 e. The Morgan fingerprint density at radius 1 is 1.12 bits per heavy atom. The largest absolute Gasteiger partial charge is 0.384 e. The van der Waals surface area contributed by atoms with Gasteiger partial charge in [-0.1, -0.05) is 47.6 Å². The molecule has 10 heteroatoms. The van der Waals surface area contributed by atoms with Gasteiger partial charge < -0.3 is 22.1 Å². The van der Waals surface area contributed by atoms with Crippen LogP contribution in [-0.2, 0) is 13.5 Å². The number of pyridine rings is 1. The first kappa shape index (κ1) is 22.1. The van der Waals surface area contributed by atoms with Crippen molar-refractivity contribution in [1.82, 2.24) is 14.5 Å². The second-order valence-electron chi connectivity index (χ2n) is 8.82. The normalized spacial score (nSPS) is 19.1. The Labute approximate surface area is 201 Å². The van der Waals surface area contributed by atoms with Crippen LogP contribution in [0.1, 0.15) is 30.0 Å². The fraction of sp³-hybridized carbons (Fsp3) is 0.348. The number of rotatable bonds is 3. The minimum atomic E-state index is -0.222. The van der Waals surface area contributed by atoms with Crippen molar-refractivity contribution < 1.29 is 0 Å². The highest BCUT2D eigenvalue weighted by Crippen LogP contribution is 2.50. The fourth-order valence-corrected chi connectivity index (χ4v) is 6.18. The Kier molecular flexibility index (Phi) is 5.50. The zero-order valence-corrected chi connectivity index (χ0v) is 19.9. The molecule has 1 fully saturated rings. The fourth-order valence-electron chi connectivity index (χ4n) is 5.04. The number of benzene rings is 1. The molecule has 172 valence electrons. The Morgan fingerprint density at radius 2 is 1.85 bits per heavy atom. The van der Waals surface area contributed by atoms with Gasteiger partial charge in [0, 0.05) is 26.2 Å². The van der Waals surface area contributed by atoms with Gasteiger partial charge in [0.25, 0.3) is 5.56 Å². The van der Waals surface area contributed by atoms with Crippen molar-refractivity contribution >= 4 is 40.9 Å². The van der Waals surface area contributed by atoms with E-state index in [9.17, 15) is 4.79 Å². The number of aromatic nitrogens is 3. The lowest BCUT2D eigenvalue weighted by molar-refractivity contribution is 0.186. The molecule has 1 aliphatic carbocycles. The lowest BCUT2D eigenvalue weighted by Crippen LogP contribution is -2.46. The summed E-state index contributed by atoms with van der Waals surface area (Å²) in [4.78, 5) is 24.8. The topological polar surface area (TPSA) is 129 Å². The molecular formula is C23H26ClN7OS. The third kappa shape index (κ3) is 3.74. The molecule has 1 spiro atoms. The van der Waals surface area contributed by atoms with E-state index in [4.69, 9.17) is 28.8 Å². The first-order chi connectivity index (χ1) is 15.8. The lowest BCUT2D eigenvalue weighted by atomic mass is 9.73. The Bertz CT molecular complexity index is 1290. The monoisotopic (exact) mass is 483 g/mol. The predicted octanol–water partition coefficient (Wildman–Crippen LogP) is 2.99. The van der Waals surface area contributed by atoms with Gasteiger partial charge >= 0.3 is 0 Å². The summed E-state index contributed by atoms with van der Waals surface area (Å²) in [5.41, 5.74) is 21.0. The summed E-state index contributed by atoms with van der Waals surface area (Å²) in [5.74, 6) is 1.06. The van der Waals surface area contributed by atoms with Gasteiger partial charge in [-0.2, -0.15) is 4.98 Å². The standard InChI is InChI=1S/C23H26ClN7OS/c1-30-21(32)17(33-15-6-7-16(25)28-19(15)24)20(27)29-22(30)31-10-8-23(9-11-31)12-13-4-2-3-5-14(13)18(23)26/h2-7,18H,8-12,26-27H2,1H3,(H2,25,28)/t18-/m1/s1. The van der Waals surface area contributed by atoms with Crippen LogP contribution in [0.2, 0.25) is 5.15 Å². The van der Waals surface area contributed by atoms with Gasteiger partial charge in [0.1, 0.15) is 21.7 Å². The third-order valence-corrected chi connectivity index (χ3v) is 8.47. The Balaban J connectivity index is 1.37. The summed E-state index contributed by atoms with van der Waals surface area (Å²) < 4.78 is 1.55. The lowest BCUT2D eigenvalue weighted by Gasteiger charge is -2.42. The molecule has 5 rings (SSSR count). The Morgan fingerprint density at radius 3 is 2.55 bits per heavy atom. The number of nitrogens with two attached hydrogens (primary N) is 3. The molecule has 2 aromatic heterocycles. The molecular weight excluding hydrogens is 458 g/mol. The first-order valence-electron chi connectivity index (χ1n) is 10.8. The molecule has 6 N–H and O–H groups in total. The molecule has 0 bridgehead atoms. The van der Waals surface area contributed by atoms with Gasteiger partial charge in [0.05, 0.1) is 4.90 Å². The van der Waals surface area contributed by atoms with Crippen LogP contribution < -0.4 is 27.7 Å². The highest BCUT2D eigenvalue weighted by molar-refractivity contribution is 7.99. The van der Waals surface area contributed by atoms with Crippen LogP contribution in [0.4, 0.5) is 17.6 Å². The molecule has 8 nitrogen and oxygen atoms in total. The van der Waals surface area contributed by atoms with Gasteiger partial charge in [-0.05, 0) is 47.9 Å². The minimum absolute atomic E-state index is 0.0368.